The molecule has 0 aliphatic heterocycles. The van der Waals surface area contributed by atoms with E-state index in [1.54, 1.807) is 0 Å². The number of alkyl carbamates (subject to hydrolysis) is 1. The average Bonchev–Trinajstić information content (AvgIpc) is 3.51. The number of hydrogen-bond donors (Lipinski definition) is 3. The van der Waals surface area contributed by atoms with Crippen LogP contribution in [0.1, 0.15) is 43.7 Å². The largest absolute Gasteiger partial charge is 0.480 e. The Kier molecular flexibility index (Phi) is 6.67. The van der Waals surface area contributed by atoms with Crippen LogP contribution >= 0.6 is 0 Å². The van der Waals surface area contributed by atoms with Crippen molar-refractivity contribution in [1.29, 1.82) is 0 Å². The van der Waals surface area contributed by atoms with Crippen LogP contribution in [0.2, 0.25) is 0 Å². The summed E-state index contributed by atoms with van der Waals surface area (Å²) in [6.07, 6.45) is 0.506. The van der Waals surface area contributed by atoms with Crippen LogP contribution in [0.25, 0.3) is 11.1 Å². The molecule has 3 atom stereocenters. The van der Waals surface area contributed by atoms with Crippen molar-refractivity contribution in [3.63, 3.8) is 0 Å². The van der Waals surface area contributed by atoms with E-state index in [9.17, 15) is 19.5 Å². The summed E-state index contributed by atoms with van der Waals surface area (Å²) < 4.78 is 5.53. The molecular weight excluding hydrogens is 420 g/mol. The van der Waals surface area contributed by atoms with Crippen molar-refractivity contribution in [2.24, 2.45) is 17.8 Å². The van der Waals surface area contributed by atoms with Gasteiger partial charge in [0.05, 0.1) is 0 Å². The van der Waals surface area contributed by atoms with Gasteiger partial charge in [-0.05, 0) is 46.9 Å². The molecule has 3 N–H and O–H groups in total. The SMILES string of the molecule is CC(C)C[C@@H](NC(=O)C1CC1CNC(=O)OCC1c2ccccc2-c2ccccc21)C(=O)O. The number of aliphatic carboxylic acids is 1. The third-order valence-corrected chi connectivity index (χ3v) is 6.43. The molecule has 7 heteroatoms. The van der Waals surface area contributed by atoms with Crippen molar-refractivity contribution in [2.75, 3.05) is 13.2 Å². The molecule has 0 heterocycles. The van der Waals surface area contributed by atoms with E-state index in [1.807, 2.05) is 38.1 Å². The average molecular weight is 451 g/mol. The molecule has 2 aliphatic carbocycles. The first-order chi connectivity index (χ1) is 15.8. The van der Waals surface area contributed by atoms with E-state index in [4.69, 9.17) is 4.74 Å². The van der Waals surface area contributed by atoms with Crippen LogP contribution in [0, 0.1) is 17.8 Å². The molecule has 2 aromatic carbocycles. The highest BCUT2D eigenvalue weighted by Crippen LogP contribution is 2.44. The maximum Gasteiger partial charge on any atom is 0.407 e. The second-order valence-electron chi connectivity index (χ2n) is 9.34. The van der Waals surface area contributed by atoms with Crippen molar-refractivity contribution in [3.05, 3.63) is 59.7 Å². The quantitative estimate of drug-likeness (QED) is 0.539. The molecule has 0 saturated heterocycles. The summed E-state index contributed by atoms with van der Waals surface area (Å²) in [5.41, 5.74) is 4.65. The molecule has 0 bridgehead atoms. The van der Waals surface area contributed by atoms with E-state index in [-0.39, 0.29) is 36.2 Å². The minimum Gasteiger partial charge on any atom is -0.480 e. The van der Waals surface area contributed by atoms with Gasteiger partial charge in [-0.3, -0.25) is 4.79 Å². The molecule has 0 spiro atoms. The number of carbonyl (C=O) groups is 3. The van der Waals surface area contributed by atoms with Crippen molar-refractivity contribution >= 4 is 18.0 Å². The Labute approximate surface area is 193 Å². The normalized spacial score (nSPS) is 19.4. The summed E-state index contributed by atoms with van der Waals surface area (Å²) in [4.78, 5) is 36.0. The monoisotopic (exact) mass is 450 g/mol. The lowest BCUT2D eigenvalue weighted by atomic mass is 9.98. The summed E-state index contributed by atoms with van der Waals surface area (Å²) in [5.74, 6) is -1.39. The van der Waals surface area contributed by atoms with Gasteiger partial charge in [0.1, 0.15) is 12.6 Å². The fraction of sp³-hybridized carbons (Fsp3) is 0.423. The topological polar surface area (TPSA) is 105 Å². The lowest BCUT2D eigenvalue weighted by Crippen LogP contribution is -2.42. The highest BCUT2D eigenvalue weighted by Gasteiger charge is 2.44. The zero-order valence-electron chi connectivity index (χ0n) is 18.9. The van der Waals surface area contributed by atoms with Crippen LogP contribution in [0.3, 0.4) is 0 Å². The van der Waals surface area contributed by atoms with E-state index in [0.717, 1.165) is 11.1 Å². The van der Waals surface area contributed by atoms with Crippen molar-refractivity contribution < 1.29 is 24.2 Å². The van der Waals surface area contributed by atoms with Gasteiger partial charge in [0.15, 0.2) is 0 Å². The van der Waals surface area contributed by atoms with Gasteiger partial charge < -0.3 is 20.5 Å². The zero-order valence-corrected chi connectivity index (χ0v) is 18.9. The van der Waals surface area contributed by atoms with E-state index in [1.165, 1.54) is 11.1 Å². The van der Waals surface area contributed by atoms with Crippen LogP contribution in [0.4, 0.5) is 4.79 Å². The Hall–Kier alpha value is -3.35. The molecule has 0 aromatic heterocycles. The number of amides is 2. The first-order valence-electron chi connectivity index (χ1n) is 11.5. The van der Waals surface area contributed by atoms with Gasteiger partial charge in [0.2, 0.25) is 5.91 Å². The number of carboxylic acid groups (broad SMARTS) is 1. The lowest BCUT2D eigenvalue weighted by molar-refractivity contribution is -0.142. The van der Waals surface area contributed by atoms with Crippen LogP contribution in [0.5, 0.6) is 0 Å². The first kappa shape index (κ1) is 22.8. The molecule has 4 rings (SSSR count). The molecule has 7 nitrogen and oxygen atoms in total. The molecule has 174 valence electrons. The first-order valence-corrected chi connectivity index (χ1v) is 11.5. The zero-order chi connectivity index (χ0) is 23.5. The van der Waals surface area contributed by atoms with Gasteiger partial charge in [-0.15, -0.1) is 0 Å². The van der Waals surface area contributed by atoms with Crippen LogP contribution in [0.15, 0.2) is 48.5 Å². The number of carbonyl (C=O) groups excluding carboxylic acids is 2. The molecule has 2 unspecified atom stereocenters. The number of ether oxygens (including phenoxy) is 1. The summed E-state index contributed by atoms with van der Waals surface area (Å²) in [6, 6.07) is 15.4. The highest BCUT2D eigenvalue weighted by molar-refractivity contribution is 5.86. The Morgan fingerprint density at radius 2 is 1.64 bits per heavy atom. The molecule has 2 amide bonds. The molecule has 2 aromatic rings. The number of benzene rings is 2. The molecule has 33 heavy (non-hydrogen) atoms. The Morgan fingerprint density at radius 3 is 2.21 bits per heavy atom. The Balaban J connectivity index is 1.24. The third kappa shape index (κ3) is 5.18. The van der Waals surface area contributed by atoms with Crippen LogP contribution < -0.4 is 10.6 Å². The second-order valence-corrected chi connectivity index (χ2v) is 9.34. The van der Waals surface area contributed by atoms with Crippen molar-refractivity contribution in [2.45, 2.75) is 38.6 Å². The van der Waals surface area contributed by atoms with Gasteiger partial charge >= 0.3 is 12.1 Å². The van der Waals surface area contributed by atoms with Gasteiger partial charge in [0, 0.05) is 18.4 Å². The van der Waals surface area contributed by atoms with Gasteiger partial charge in [-0.2, -0.15) is 0 Å². The number of hydrogen-bond acceptors (Lipinski definition) is 4. The fourth-order valence-electron chi connectivity index (χ4n) is 4.63. The number of rotatable bonds is 9. The molecule has 2 aliphatic rings. The number of nitrogens with one attached hydrogen (secondary N) is 2. The second kappa shape index (κ2) is 9.65. The lowest BCUT2D eigenvalue weighted by Gasteiger charge is -2.16. The fourth-order valence-corrected chi connectivity index (χ4v) is 4.63. The number of carboxylic acids is 1. The maximum absolute atomic E-state index is 12.4. The predicted molar refractivity (Wildman–Crippen MR) is 124 cm³/mol. The third-order valence-electron chi connectivity index (χ3n) is 6.43. The summed E-state index contributed by atoms with van der Waals surface area (Å²) in [7, 11) is 0. The Morgan fingerprint density at radius 1 is 1.03 bits per heavy atom. The van der Waals surface area contributed by atoms with E-state index in [2.05, 4.69) is 34.9 Å². The van der Waals surface area contributed by atoms with Gasteiger partial charge in [0.25, 0.3) is 0 Å². The van der Waals surface area contributed by atoms with Gasteiger partial charge in [-0.1, -0.05) is 62.4 Å². The molecule has 1 fully saturated rings. The van der Waals surface area contributed by atoms with Crippen molar-refractivity contribution in [1.82, 2.24) is 10.6 Å². The molecule has 1 saturated carbocycles. The highest BCUT2D eigenvalue weighted by atomic mass is 16.5. The Bertz CT molecular complexity index is 1000. The van der Waals surface area contributed by atoms with Crippen LogP contribution in [-0.2, 0) is 14.3 Å². The maximum atomic E-state index is 12.4. The molecular formula is C26H30N2O5. The van der Waals surface area contributed by atoms with E-state index < -0.39 is 18.1 Å². The summed E-state index contributed by atoms with van der Waals surface area (Å²) in [5, 5.41) is 14.7. The minimum atomic E-state index is -1.02. The smallest absolute Gasteiger partial charge is 0.407 e. The molecule has 0 radical (unpaired) electrons. The van der Waals surface area contributed by atoms with Crippen molar-refractivity contribution in [3.8, 4) is 11.1 Å². The van der Waals surface area contributed by atoms with E-state index in [0.29, 0.717) is 19.4 Å². The number of fused-ring (bicyclic) bond motifs is 3. The van der Waals surface area contributed by atoms with Gasteiger partial charge in [-0.25, -0.2) is 9.59 Å². The summed E-state index contributed by atoms with van der Waals surface area (Å²) >= 11 is 0. The minimum absolute atomic E-state index is 0.000947. The summed E-state index contributed by atoms with van der Waals surface area (Å²) in [6.45, 7) is 4.40. The van der Waals surface area contributed by atoms with Crippen LogP contribution in [-0.4, -0.2) is 42.3 Å². The predicted octanol–water partition coefficient (Wildman–Crippen LogP) is 3.78. The van der Waals surface area contributed by atoms with E-state index >= 15 is 0 Å². The standard InChI is InChI=1S/C26H30N2O5/c1-15(2)11-23(25(30)31)28-24(29)21-12-16(21)13-27-26(32)33-14-22-19-9-5-3-7-17(19)18-8-4-6-10-20(18)22/h3-10,15-16,21-23H,11-14H2,1-2H3,(H,27,32)(H,28,29)(H,30,31)/t16?,21?,23-/m1/s1.